The van der Waals surface area contributed by atoms with Crippen molar-refractivity contribution < 1.29 is 8.42 Å². The molecule has 1 unspecified atom stereocenters. The molecule has 0 radical (unpaired) electrons. The normalized spacial score (nSPS) is 17.5. The number of aromatic nitrogens is 2. The summed E-state index contributed by atoms with van der Waals surface area (Å²) in [5.41, 5.74) is 6.86. The van der Waals surface area contributed by atoms with Gasteiger partial charge in [-0.3, -0.25) is 4.72 Å². The van der Waals surface area contributed by atoms with E-state index in [-0.39, 0.29) is 0 Å². The molecule has 8 nitrogen and oxygen atoms in total. The van der Waals surface area contributed by atoms with Gasteiger partial charge in [0.15, 0.2) is 0 Å². The SMILES string of the molecule is CC(C)(C)S(=O)(=O)Nc1cccc(-c2csc3cnc(Nc4ccc5c(c4)CC4CNCCN54)nc23)c1. The van der Waals surface area contributed by atoms with E-state index < -0.39 is 14.8 Å². The fourth-order valence-corrected chi connectivity index (χ4v) is 6.52. The third-order valence-electron chi connectivity index (χ3n) is 7.00. The van der Waals surface area contributed by atoms with E-state index in [1.807, 2.05) is 29.8 Å². The minimum atomic E-state index is -3.52. The van der Waals surface area contributed by atoms with Crippen molar-refractivity contribution in [2.45, 2.75) is 38.0 Å². The molecule has 0 amide bonds. The summed E-state index contributed by atoms with van der Waals surface area (Å²) in [7, 11) is -3.52. The first-order chi connectivity index (χ1) is 17.7. The number of nitrogens with zero attached hydrogens (tertiary/aromatic N) is 3. The van der Waals surface area contributed by atoms with Gasteiger partial charge in [-0.15, -0.1) is 11.3 Å². The Labute approximate surface area is 221 Å². The molecule has 2 aliphatic rings. The van der Waals surface area contributed by atoms with Gasteiger partial charge in [-0.1, -0.05) is 12.1 Å². The topological polar surface area (TPSA) is 99.2 Å². The van der Waals surface area contributed by atoms with Crippen LogP contribution in [0.15, 0.2) is 54.0 Å². The first-order valence-electron chi connectivity index (χ1n) is 12.4. The quantitative estimate of drug-likeness (QED) is 0.332. The van der Waals surface area contributed by atoms with Crippen LogP contribution in [0.5, 0.6) is 0 Å². The lowest BCUT2D eigenvalue weighted by Gasteiger charge is -2.32. The Kier molecular flexibility index (Phi) is 5.85. The smallest absolute Gasteiger partial charge is 0.237 e. The van der Waals surface area contributed by atoms with Gasteiger partial charge < -0.3 is 15.5 Å². The Hall–Kier alpha value is -3.21. The highest BCUT2D eigenvalue weighted by Crippen LogP contribution is 2.37. The maximum absolute atomic E-state index is 12.7. The first-order valence-corrected chi connectivity index (χ1v) is 14.8. The lowest BCUT2D eigenvalue weighted by molar-refractivity contribution is 0.495. The number of anilines is 4. The third-order valence-corrected chi connectivity index (χ3v) is 10.0. The van der Waals surface area contributed by atoms with Crippen molar-refractivity contribution in [3.63, 3.8) is 0 Å². The number of piperazine rings is 1. The maximum Gasteiger partial charge on any atom is 0.237 e. The van der Waals surface area contributed by atoms with Crippen LogP contribution < -0.4 is 20.3 Å². The number of benzene rings is 2. The number of fused-ring (bicyclic) bond motifs is 4. The molecule has 6 rings (SSSR count). The van der Waals surface area contributed by atoms with Crippen molar-refractivity contribution in [1.29, 1.82) is 0 Å². The molecule has 0 spiro atoms. The van der Waals surface area contributed by atoms with Crippen molar-refractivity contribution in [2.75, 3.05) is 34.6 Å². The van der Waals surface area contributed by atoms with Crippen LogP contribution in [0.25, 0.3) is 21.3 Å². The van der Waals surface area contributed by atoms with E-state index in [1.54, 1.807) is 38.2 Å². The predicted molar refractivity (Wildman–Crippen MR) is 153 cm³/mol. The van der Waals surface area contributed by atoms with Crippen LogP contribution in [0.2, 0.25) is 0 Å². The van der Waals surface area contributed by atoms with E-state index in [0.717, 1.165) is 53.1 Å². The van der Waals surface area contributed by atoms with Crippen LogP contribution in [0, 0.1) is 0 Å². The summed E-state index contributed by atoms with van der Waals surface area (Å²) in [6, 6.07) is 14.5. The Morgan fingerprint density at radius 2 is 2.00 bits per heavy atom. The van der Waals surface area contributed by atoms with E-state index in [4.69, 9.17) is 4.98 Å². The molecule has 4 heterocycles. The van der Waals surface area contributed by atoms with Gasteiger partial charge >= 0.3 is 0 Å². The van der Waals surface area contributed by atoms with E-state index in [2.05, 4.69) is 43.4 Å². The first kappa shape index (κ1) is 24.1. The van der Waals surface area contributed by atoms with Gasteiger partial charge in [0.05, 0.1) is 21.2 Å². The molecule has 0 aliphatic carbocycles. The summed E-state index contributed by atoms with van der Waals surface area (Å²) in [5.74, 6) is 0.536. The molecule has 37 heavy (non-hydrogen) atoms. The number of hydrogen-bond donors (Lipinski definition) is 3. The second-order valence-electron chi connectivity index (χ2n) is 10.6. The molecule has 2 aliphatic heterocycles. The molecule has 2 aromatic carbocycles. The monoisotopic (exact) mass is 534 g/mol. The van der Waals surface area contributed by atoms with Crippen LogP contribution >= 0.6 is 11.3 Å². The van der Waals surface area contributed by atoms with Crippen LogP contribution in [-0.4, -0.2) is 48.8 Å². The standard InChI is InChI=1S/C27H30N6O2S2/c1-27(2,3)37(34,35)32-20-6-4-5-17(11-20)22-16-36-24-15-29-26(31-25(22)24)30-19-7-8-23-18(12-19)13-21-14-28-9-10-33(21)23/h4-8,11-12,15-16,21,28,32H,9-10,13-14H2,1-3H3,(H,29,30,31). The zero-order valence-electron chi connectivity index (χ0n) is 21.1. The average Bonchev–Trinajstić information content (AvgIpc) is 3.44. The minimum Gasteiger partial charge on any atom is -0.365 e. The fraction of sp³-hybridized carbons (Fsp3) is 0.333. The highest BCUT2D eigenvalue weighted by atomic mass is 32.2. The molecular weight excluding hydrogens is 504 g/mol. The fourth-order valence-electron chi connectivity index (χ4n) is 4.90. The van der Waals surface area contributed by atoms with Crippen molar-refractivity contribution in [3.05, 3.63) is 59.6 Å². The number of sulfonamides is 1. The van der Waals surface area contributed by atoms with Crippen LogP contribution in [0.4, 0.5) is 23.0 Å². The van der Waals surface area contributed by atoms with Crippen molar-refractivity contribution in [1.82, 2.24) is 15.3 Å². The second kappa shape index (κ2) is 8.97. The summed E-state index contributed by atoms with van der Waals surface area (Å²) < 4.78 is 28.1. The lowest BCUT2D eigenvalue weighted by atomic mass is 10.1. The van der Waals surface area contributed by atoms with Crippen molar-refractivity contribution >= 4 is 54.6 Å². The molecule has 1 atom stereocenters. The molecule has 2 aromatic heterocycles. The molecule has 1 fully saturated rings. The number of thiophene rings is 1. The van der Waals surface area contributed by atoms with Gasteiger partial charge in [-0.05, 0) is 68.7 Å². The molecule has 0 saturated carbocycles. The van der Waals surface area contributed by atoms with Crippen LogP contribution in [-0.2, 0) is 16.4 Å². The summed E-state index contributed by atoms with van der Waals surface area (Å²) >= 11 is 1.57. The highest BCUT2D eigenvalue weighted by Gasteiger charge is 2.31. The maximum atomic E-state index is 12.7. The lowest BCUT2D eigenvalue weighted by Crippen LogP contribution is -2.49. The second-order valence-corrected chi connectivity index (χ2v) is 13.9. The zero-order valence-corrected chi connectivity index (χ0v) is 22.7. The molecule has 1 saturated heterocycles. The van der Waals surface area contributed by atoms with Gasteiger partial charge in [0.1, 0.15) is 0 Å². The minimum absolute atomic E-state index is 0.531. The van der Waals surface area contributed by atoms with Gasteiger partial charge in [0.2, 0.25) is 16.0 Å². The Balaban J connectivity index is 1.27. The van der Waals surface area contributed by atoms with Gasteiger partial charge in [-0.2, -0.15) is 0 Å². The van der Waals surface area contributed by atoms with Crippen LogP contribution in [0.3, 0.4) is 0 Å². The van der Waals surface area contributed by atoms with Gasteiger partial charge in [0, 0.05) is 53.7 Å². The van der Waals surface area contributed by atoms with E-state index in [9.17, 15) is 8.42 Å². The molecular formula is C27H30N6O2S2. The number of rotatable bonds is 5. The predicted octanol–water partition coefficient (Wildman–Crippen LogP) is 4.98. The summed E-state index contributed by atoms with van der Waals surface area (Å²) in [4.78, 5) is 11.9. The largest absolute Gasteiger partial charge is 0.365 e. The molecule has 0 bridgehead atoms. The molecule has 192 valence electrons. The summed E-state index contributed by atoms with van der Waals surface area (Å²) in [5, 5.41) is 8.92. The Morgan fingerprint density at radius 1 is 1.14 bits per heavy atom. The van der Waals surface area contributed by atoms with E-state index in [0.29, 0.717) is 17.7 Å². The molecule has 4 aromatic rings. The highest BCUT2D eigenvalue weighted by molar-refractivity contribution is 7.94. The summed E-state index contributed by atoms with van der Waals surface area (Å²) in [6.45, 7) is 8.14. The summed E-state index contributed by atoms with van der Waals surface area (Å²) in [6.07, 6.45) is 2.88. The molecule has 3 N–H and O–H groups in total. The van der Waals surface area contributed by atoms with Gasteiger partial charge in [-0.25, -0.2) is 18.4 Å². The number of nitrogens with one attached hydrogen (secondary N) is 3. The van der Waals surface area contributed by atoms with Gasteiger partial charge in [0.25, 0.3) is 0 Å². The average molecular weight is 535 g/mol. The zero-order chi connectivity index (χ0) is 25.8. The van der Waals surface area contributed by atoms with E-state index in [1.165, 1.54) is 11.3 Å². The van der Waals surface area contributed by atoms with Crippen molar-refractivity contribution in [3.8, 4) is 11.1 Å². The Bertz CT molecular complexity index is 1590. The number of hydrogen-bond acceptors (Lipinski definition) is 8. The Morgan fingerprint density at radius 3 is 2.84 bits per heavy atom. The van der Waals surface area contributed by atoms with E-state index >= 15 is 0 Å². The van der Waals surface area contributed by atoms with Crippen LogP contribution in [0.1, 0.15) is 26.3 Å². The molecule has 10 heteroatoms. The third kappa shape index (κ3) is 4.54. The van der Waals surface area contributed by atoms with Crippen molar-refractivity contribution in [2.24, 2.45) is 0 Å².